The van der Waals surface area contributed by atoms with Crippen LogP contribution in [-0.2, 0) is 16.1 Å². The highest BCUT2D eigenvalue weighted by molar-refractivity contribution is 5.97. The van der Waals surface area contributed by atoms with Gasteiger partial charge < -0.3 is 10.1 Å². The SMILES string of the molecule is COCc1ccccc1NC(=O)C1(C#N)CCCCCC1. The maximum Gasteiger partial charge on any atom is 0.244 e. The number of nitrogens with zero attached hydrogens (tertiary/aromatic N) is 1. The van der Waals surface area contributed by atoms with E-state index in [0.717, 1.165) is 36.9 Å². The number of nitriles is 1. The van der Waals surface area contributed by atoms with Crippen molar-refractivity contribution in [2.45, 2.75) is 45.1 Å². The van der Waals surface area contributed by atoms with Crippen LogP contribution < -0.4 is 5.32 Å². The molecule has 21 heavy (non-hydrogen) atoms. The first kappa shape index (κ1) is 15.5. The van der Waals surface area contributed by atoms with E-state index in [1.54, 1.807) is 7.11 Å². The molecule has 112 valence electrons. The van der Waals surface area contributed by atoms with Crippen molar-refractivity contribution in [3.8, 4) is 6.07 Å². The molecule has 4 heteroatoms. The van der Waals surface area contributed by atoms with Gasteiger partial charge in [-0.25, -0.2) is 0 Å². The van der Waals surface area contributed by atoms with E-state index in [1.807, 2.05) is 24.3 Å². The highest BCUT2D eigenvalue weighted by atomic mass is 16.5. The number of rotatable bonds is 4. The van der Waals surface area contributed by atoms with Crippen molar-refractivity contribution in [1.82, 2.24) is 0 Å². The summed E-state index contributed by atoms with van der Waals surface area (Å²) in [7, 11) is 1.63. The summed E-state index contributed by atoms with van der Waals surface area (Å²) in [5.41, 5.74) is 0.787. The number of carbonyl (C=O) groups is 1. The zero-order chi connectivity index (χ0) is 15.1. The second kappa shape index (κ2) is 7.24. The Morgan fingerprint density at radius 2 is 1.95 bits per heavy atom. The van der Waals surface area contributed by atoms with Gasteiger partial charge in [-0.05, 0) is 18.9 Å². The number of ether oxygens (including phenoxy) is 1. The van der Waals surface area contributed by atoms with Crippen LogP contribution in [0.1, 0.15) is 44.1 Å². The molecular formula is C17H22N2O2. The summed E-state index contributed by atoms with van der Waals surface area (Å²) in [6, 6.07) is 9.85. The molecule has 0 spiro atoms. The number of carbonyl (C=O) groups excluding carboxylic acids is 1. The Kier molecular flexibility index (Phi) is 5.35. The minimum Gasteiger partial charge on any atom is -0.380 e. The minimum atomic E-state index is -0.878. The fourth-order valence-electron chi connectivity index (χ4n) is 2.89. The third kappa shape index (κ3) is 3.62. The molecule has 0 heterocycles. The molecule has 0 radical (unpaired) electrons. The van der Waals surface area contributed by atoms with Crippen molar-refractivity contribution in [3.05, 3.63) is 29.8 Å². The van der Waals surface area contributed by atoms with Gasteiger partial charge in [-0.3, -0.25) is 4.79 Å². The molecule has 1 N–H and O–H groups in total. The Morgan fingerprint density at radius 3 is 2.57 bits per heavy atom. The minimum absolute atomic E-state index is 0.171. The van der Waals surface area contributed by atoms with Gasteiger partial charge in [0.15, 0.2) is 0 Å². The van der Waals surface area contributed by atoms with Crippen molar-refractivity contribution in [2.24, 2.45) is 5.41 Å². The first-order valence-electron chi connectivity index (χ1n) is 7.51. The largest absolute Gasteiger partial charge is 0.380 e. The van der Waals surface area contributed by atoms with Crippen LogP contribution in [0.4, 0.5) is 5.69 Å². The number of hydrogen-bond acceptors (Lipinski definition) is 3. The fraction of sp³-hybridized carbons (Fsp3) is 0.529. The smallest absolute Gasteiger partial charge is 0.244 e. The number of nitrogens with one attached hydrogen (secondary N) is 1. The van der Waals surface area contributed by atoms with Gasteiger partial charge in [-0.1, -0.05) is 43.9 Å². The van der Waals surface area contributed by atoms with Crippen LogP contribution in [0.3, 0.4) is 0 Å². The fourth-order valence-corrected chi connectivity index (χ4v) is 2.89. The highest BCUT2D eigenvalue weighted by Gasteiger charge is 2.39. The second-order valence-corrected chi connectivity index (χ2v) is 5.65. The zero-order valence-corrected chi connectivity index (χ0v) is 12.5. The van der Waals surface area contributed by atoms with Gasteiger partial charge in [0.05, 0.1) is 12.7 Å². The summed E-state index contributed by atoms with van der Waals surface area (Å²) in [6.07, 6.45) is 5.42. The number of methoxy groups -OCH3 is 1. The molecule has 1 aliphatic rings. The van der Waals surface area contributed by atoms with E-state index in [1.165, 1.54) is 0 Å². The predicted molar refractivity (Wildman–Crippen MR) is 81.5 cm³/mol. The van der Waals surface area contributed by atoms with E-state index in [4.69, 9.17) is 4.74 Å². The molecule has 1 saturated carbocycles. The lowest BCUT2D eigenvalue weighted by molar-refractivity contribution is -0.123. The van der Waals surface area contributed by atoms with Gasteiger partial charge in [0.1, 0.15) is 5.41 Å². The zero-order valence-electron chi connectivity index (χ0n) is 12.5. The Labute approximate surface area is 126 Å². The van der Waals surface area contributed by atoms with E-state index in [2.05, 4.69) is 11.4 Å². The number of anilines is 1. The third-order valence-corrected chi connectivity index (χ3v) is 4.17. The molecule has 0 atom stereocenters. The lowest BCUT2D eigenvalue weighted by Crippen LogP contribution is -2.35. The maximum absolute atomic E-state index is 12.7. The van der Waals surface area contributed by atoms with Crippen LogP contribution in [0, 0.1) is 16.7 Å². The monoisotopic (exact) mass is 286 g/mol. The van der Waals surface area contributed by atoms with Crippen molar-refractivity contribution in [3.63, 3.8) is 0 Å². The van der Waals surface area contributed by atoms with Crippen molar-refractivity contribution in [1.29, 1.82) is 5.26 Å². The standard InChI is InChI=1S/C17H22N2O2/c1-21-12-14-8-4-5-9-15(14)19-16(20)17(13-18)10-6-2-3-7-11-17/h4-5,8-9H,2-3,6-7,10-12H2,1H3,(H,19,20). The van der Waals surface area contributed by atoms with E-state index >= 15 is 0 Å². The average Bonchev–Trinajstić information content (AvgIpc) is 2.76. The summed E-state index contributed by atoms with van der Waals surface area (Å²) in [4.78, 5) is 12.7. The summed E-state index contributed by atoms with van der Waals surface area (Å²) in [5.74, 6) is -0.171. The Bertz CT molecular complexity index is 526. The third-order valence-electron chi connectivity index (χ3n) is 4.17. The van der Waals surface area contributed by atoms with Crippen LogP contribution >= 0.6 is 0 Å². The number of amides is 1. The van der Waals surface area contributed by atoms with Crippen molar-refractivity contribution in [2.75, 3.05) is 12.4 Å². The topological polar surface area (TPSA) is 62.1 Å². The van der Waals surface area contributed by atoms with Crippen LogP contribution in [0.25, 0.3) is 0 Å². The van der Waals surface area contributed by atoms with E-state index in [-0.39, 0.29) is 5.91 Å². The summed E-state index contributed by atoms with van der Waals surface area (Å²) < 4.78 is 5.15. The van der Waals surface area contributed by atoms with Crippen LogP contribution in [0.2, 0.25) is 0 Å². The maximum atomic E-state index is 12.7. The molecule has 0 saturated heterocycles. The summed E-state index contributed by atoms with van der Waals surface area (Å²) in [5, 5.41) is 12.5. The molecule has 1 fully saturated rings. The highest BCUT2D eigenvalue weighted by Crippen LogP contribution is 2.36. The number of hydrogen-bond donors (Lipinski definition) is 1. The molecule has 1 aliphatic carbocycles. The average molecular weight is 286 g/mol. The molecule has 0 bridgehead atoms. The summed E-state index contributed by atoms with van der Waals surface area (Å²) in [6.45, 7) is 0.440. The normalized spacial score (nSPS) is 17.5. The molecule has 1 amide bonds. The quantitative estimate of drug-likeness (QED) is 0.860. The van der Waals surface area contributed by atoms with Crippen LogP contribution in [-0.4, -0.2) is 13.0 Å². The Balaban J connectivity index is 2.18. The second-order valence-electron chi connectivity index (χ2n) is 5.65. The molecule has 4 nitrogen and oxygen atoms in total. The van der Waals surface area contributed by atoms with Gasteiger partial charge in [-0.15, -0.1) is 0 Å². The summed E-state index contributed by atoms with van der Waals surface area (Å²) >= 11 is 0. The molecule has 1 aromatic rings. The molecule has 1 aromatic carbocycles. The first-order chi connectivity index (χ1) is 10.2. The predicted octanol–water partition coefficient (Wildman–Crippen LogP) is 3.64. The van der Waals surface area contributed by atoms with Crippen molar-refractivity contribution < 1.29 is 9.53 Å². The van der Waals surface area contributed by atoms with Gasteiger partial charge in [-0.2, -0.15) is 5.26 Å². The van der Waals surface area contributed by atoms with Gasteiger partial charge in [0.25, 0.3) is 0 Å². The Morgan fingerprint density at radius 1 is 1.29 bits per heavy atom. The molecule has 0 aliphatic heterocycles. The van der Waals surface area contributed by atoms with Gasteiger partial charge in [0, 0.05) is 18.4 Å². The van der Waals surface area contributed by atoms with Gasteiger partial charge >= 0.3 is 0 Å². The van der Waals surface area contributed by atoms with Crippen LogP contribution in [0.5, 0.6) is 0 Å². The Hall–Kier alpha value is -1.86. The molecule has 0 unspecified atom stereocenters. The van der Waals surface area contributed by atoms with Crippen LogP contribution in [0.15, 0.2) is 24.3 Å². The molecule has 0 aromatic heterocycles. The number of para-hydroxylation sites is 1. The lowest BCUT2D eigenvalue weighted by atomic mass is 9.81. The van der Waals surface area contributed by atoms with Crippen molar-refractivity contribution >= 4 is 11.6 Å². The van der Waals surface area contributed by atoms with E-state index < -0.39 is 5.41 Å². The molecular weight excluding hydrogens is 264 g/mol. The van der Waals surface area contributed by atoms with E-state index in [0.29, 0.717) is 19.4 Å². The lowest BCUT2D eigenvalue weighted by Gasteiger charge is -2.24. The van der Waals surface area contributed by atoms with E-state index in [9.17, 15) is 10.1 Å². The molecule has 2 rings (SSSR count). The van der Waals surface area contributed by atoms with Gasteiger partial charge in [0.2, 0.25) is 5.91 Å². The first-order valence-corrected chi connectivity index (χ1v) is 7.51. The number of benzene rings is 1.